The van der Waals surface area contributed by atoms with Gasteiger partial charge in [-0.25, -0.2) is 4.98 Å². The molecule has 0 bridgehead atoms. The van der Waals surface area contributed by atoms with Gasteiger partial charge in [0.25, 0.3) is 0 Å². The Labute approximate surface area is 304 Å². The van der Waals surface area contributed by atoms with Crippen LogP contribution in [0.5, 0.6) is 11.5 Å². The number of aryl methyl sites for hydroxylation is 1. The van der Waals surface area contributed by atoms with Gasteiger partial charge >= 0.3 is 21.1 Å². The minimum atomic E-state index is 0. The number of pyridine rings is 1. The zero-order valence-corrected chi connectivity index (χ0v) is 31.5. The van der Waals surface area contributed by atoms with Gasteiger partial charge in [0.1, 0.15) is 5.82 Å². The predicted octanol–water partition coefficient (Wildman–Crippen LogP) is 11.4. The van der Waals surface area contributed by atoms with Gasteiger partial charge in [0.15, 0.2) is 0 Å². The van der Waals surface area contributed by atoms with Crippen LogP contribution in [0.3, 0.4) is 0 Å². The number of aromatic nitrogens is 4. The van der Waals surface area contributed by atoms with Crippen molar-refractivity contribution in [1.29, 1.82) is 0 Å². The molecule has 6 heteroatoms. The second kappa shape index (κ2) is 14.2. The number of rotatable bonds is 9. The van der Waals surface area contributed by atoms with Gasteiger partial charge in [-0.15, -0.1) is 41.3 Å². The summed E-state index contributed by atoms with van der Waals surface area (Å²) in [5.74, 6) is 3.21. The topological polar surface area (TPSA) is 44.9 Å². The average Bonchev–Trinajstić information content (AvgIpc) is 3.71. The van der Waals surface area contributed by atoms with Gasteiger partial charge in [0.2, 0.25) is 0 Å². The van der Waals surface area contributed by atoms with Gasteiger partial charge in [0.05, 0.1) is 6.20 Å². The van der Waals surface area contributed by atoms with Crippen molar-refractivity contribution in [3.05, 3.63) is 132 Å². The largest absolute Gasteiger partial charge is 2.00 e. The molecule has 250 valence electrons. The molecule has 3 aromatic heterocycles. The molecule has 0 aliphatic heterocycles. The van der Waals surface area contributed by atoms with Crippen LogP contribution in [-0.4, -0.2) is 19.3 Å². The summed E-state index contributed by atoms with van der Waals surface area (Å²) >= 11 is 0. The van der Waals surface area contributed by atoms with Crippen LogP contribution in [0.1, 0.15) is 88.5 Å². The smallest absolute Gasteiger partial charge is 0.509 e. The van der Waals surface area contributed by atoms with E-state index in [9.17, 15) is 0 Å². The molecule has 0 aliphatic carbocycles. The second-order valence-electron chi connectivity index (χ2n) is 13.5. The van der Waals surface area contributed by atoms with Gasteiger partial charge in [-0.05, 0) is 75.7 Å². The molecular weight excluding hydrogens is 784 g/mol. The van der Waals surface area contributed by atoms with E-state index in [0.29, 0.717) is 23.3 Å². The number of hydrogen-bond donors (Lipinski definition) is 0. The van der Waals surface area contributed by atoms with E-state index < -0.39 is 0 Å². The van der Waals surface area contributed by atoms with E-state index >= 15 is 0 Å². The van der Waals surface area contributed by atoms with E-state index in [1.165, 1.54) is 22.3 Å². The molecule has 7 aromatic rings. The third kappa shape index (κ3) is 6.62. The first-order chi connectivity index (χ1) is 23.2. The van der Waals surface area contributed by atoms with Crippen LogP contribution in [0.25, 0.3) is 44.4 Å². The van der Waals surface area contributed by atoms with Gasteiger partial charge < -0.3 is 9.30 Å². The number of ether oxygens (including phenoxy) is 1. The van der Waals surface area contributed by atoms with Crippen LogP contribution >= 0.6 is 0 Å². The van der Waals surface area contributed by atoms with Crippen molar-refractivity contribution in [1.82, 2.24) is 19.3 Å². The zero-order chi connectivity index (χ0) is 33.5. The monoisotopic (exact) mass is 825 g/mol. The molecule has 0 amide bonds. The fourth-order valence-corrected chi connectivity index (χ4v) is 6.62. The molecule has 0 fully saturated rings. The van der Waals surface area contributed by atoms with Gasteiger partial charge in [-0.3, -0.25) is 4.68 Å². The van der Waals surface area contributed by atoms with Gasteiger partial charge in [0, 0.05) is 35.0 Å². The SMILES string of the molecule is CCc1ccnc(-n2c3[c-]c(Oc4[c-]c(-n5cc(-c6c(C(C)C)cccc6C(C)C)cn5)cc(C(C)C)c4)ccc3c3ccccc32)c1.[Pt+2]. The molecular formula is C43H42N4OPt. The van der Waals surface area contributed by atoms with E-state index in [2.05, 4.69) is 144 Å². The molecule has 0 saturated carbocycles. The fourth-order valence-electron chi connectivity index (χ4n) is 6.62. The van der Waals surface area contributed by atoms with Crippen molar-refractivity contribution >= 4 is 21.8 Å². The molecule has 3 heterocycles. The number of para-hydroxylation sites is 1. The van der Waals surface area contributed by atoms with Crippen LogP contribution in [-0.2, 0) is 27.5 Å². The minimum Gasteiger partial charge on any atom is -0.509 e. The zero-order valence-electron chi connectivity index (χ0n) is 29.2. The summed E-state index contributed by atoms with van der Waals surface area (Å²) in [5, 5.41) is 7.11. The summed E-state index contributed by atoms with van der Waals surface area (Å²) in [7, 11) is 0. The van der Waals surface area contributed by atoms with Gasteiger partial charge in [-0.1, -0.05) is 90.4 Å². The maximum Gasteiger partial charge on any atom is 2.00 e. The van der Waals surface area contributed by atoms with E-state index in [-0.39, 0.29) is 27.0 Å². The standard InChI is InChI=1S/C43H42N4O.Pt/c1-8-30-18-19-44-42(20-30)47-40-15-10-9-12-38(40)39-17-16-34(24-41(39)47)48-35-22-31(27(2)3)21-33(23-35)46-26-32(25-45-46)43-36(28(4)5)13-11-14-37(43)29(6)7;/h9-22,25-29H,8H2,1-7H3;/q-2;+2. The summed E-state index contributed by atoms with van der Waals surface area (Å²) in [6.45, 7) is 15.6. The maximum absolute atomic E-state index is 6.58. The molecule has 5 nitrogen and oxygen atoms in total. The first-order valence-corrected chi connectivity index (χ1v) is 17.1. The summed E-state index contributed by atoms with van der Waals surface area (Å²) in [6.07, 6.45) is 6.93. The van der Waals surface area contributed by atoms with Crippen LogP contribution in [0.2, 0.25) is 0 Å². The molecule has 0 saturated heterocycles. The first kappa shape index (κ1) is 34.4. The van der Waals surface area contributed by atoms with Crippen LogP contribution in [0, 0.1) is 12.1 Å². The molecule has 4 aromatic carbocycles. The Hall–Kier alpha value is -4.47. The quantitative estimate of drug-likeness (QED) is 0.136. The number of fused-ring (bicyclic) bond motifs is 3. The molecule has 0 aliphatic rings. The van der Waals surface area contributed by atoms with Crippen molar-refractivity contribution in [3.8, 4) is 34.1 Å². The van der Waals surface area contributed by atoms with Gasteiger partial charge in [-0.2, -0.15) is 11.2 Å². The van der Waals surface area contributed by atoms with E-state index in [1.54, 1.807) is 0 Å². The molecule has 0 N–H and O–H groups in total. The van der Waals surface area contributed by atoms with Crippen molar-refractivity contribution in [3.63, 3.8) is 0 Å². The molecule has 0 atom stereocenters. The molecule has 0 radical (unpaired) electrons. The predicted molar refractivity (Wildman–Crippen MR) is 197 cm³/mol. The third-order valence-corrected chi connectivity index (χ3v) is 9.23. The van der Waals surface area contributed by atoms with Crippen molar-refractivity contribution in [2.75, 3.05) is 0 Å². The summed E-state index contributed by atoms with van der Waals surface area (Å²) in [5.41, 5.74) is 10.3. The van der Waals surface area contributed by atoms with Crippen molar-refractivity contribution < 1.29 is 25.8 Å². The van der Waals surface area contributed by atoms with Crippen LogP contribution < -0.4 is 4.74 Å². The Bertz CT molecular complexity index is 2230. The molecule has 7 rings (SSSR count). The van der Waals surface area contributed by atoms with Crippen LogP contribution in [0.15, 0.2) is 97.5 Å². The summed E-state index contributed by atoms with van der Waals surface area (Å²) < 4.78 is 10.7. The van der Waals surface area contributed by atoms with E-state index in [4.69, 9.17) is 14.8 Å². The average molecular weight is 826 g/mol. The number of hydrogen-bond acceptors (Lipinski definition) is 3. The van der Waals surface area contributed by atoms with E-state index in [1.807, 2.05) is 23.1 Å². The third-order valence-electron chi connectivity index (χ3n) is 9.23. The van der Waals surface area contributed by atoms with Crippen molar-refractivity contribution in [2.45, 2.75) is 72.6 Å². The Kier molecular flexibility index (Phi) is 9.95. The summed E-state index contributed by atoms with van der Waals surface area (Å²) in [6, 6.07) is 34.8. The fraction of sp³-hybridized carbons (Fsp3) is 0.256. The normalized spacial score (nSPS) is 11.6. The van der Waals surface area contributed by atoms with E-state index in [0.717, 1.165) is 50.9 Å². The molecule has 0 spiro atoms. The Balaban J connectivity index is 0.00000417. The summed E-state index contributed by atoms with van der Waals surface area (Å²) in [4.78, 5) is 4.76. The molecule has 49 heavy (non-hydrogen) atoms. The number of benzene rings is 4. The second-order valence-corrected chi connectivity index (χ2v) is 13.5. The maximum atomic E-state index is 6.58. The first-order valence-electron chi connectivity index (χ1n) is 17.1. The number of nitrogens with zero attached hydrogens (tertiary/aromatic N) is 4. The van der Waals surface area contributed by atoms with Crippen LogP contribution in [0.4, 0.5) is 0 Å². The van der Waals surface area contributed by atoms with Crippen molar-refractivity contribution in [2.24, 2.45) is 0 Å². The molecule has 0 unspecified atom stereocenters. The minimum absolute atomic E-state index is 0. The Morgan fingerprint density at radius 3 is 2.22 bits per heavy atom. The Morgan fingerprint density at radius 2 is 1.51 bits per heavy atom. The Morgan fingerprint density at radius 1 is 0.755 bits per heavy atom.